The molecule has 19 heavy (non-hydrogen) atoms. The van der Waals surface area contributed by atoms with Gasteiger partial charge in [0, 0.05) is 6.04 Å². The molecule has 6 heteroatoms. The van der Waals surface area contributed by atoms with Gasteiger partial charge in [-0.2, -0.15) is 0 Å². The van der Waals surface area contributed by atoms with Gasteiger partial charge in [-0.1, -0.05) is 19.9 Å². The van der Waals surface area contributed by atoms with Gasteiger partial charge in [-0.3, -0.25) is 0 Å². The number of benzene rings is 1. The highest BCUT2D eigenvalue weighted by atomic mass is 32.2. The Balaban J connectivity index is 2.96. The van der Waals surface area contributed by atoms with E-state index in [0.29, 0.717) is 5.56 Å². The third kappa shape index (κ3) is 4.26. The van der Waals surface area contributed by atoms with E-state index in [1.54, 1.807) is 0 Å². The highest BCUT2D eigenvalue weighted by molar-refractivity contribution is 7.89. The van der Waals surface area contributed by atoms with Crippen molar-refractivity contribution in [3.8, 4) is 0 Å². The molecule has 0 spiro atoms. The van der Waals surface area contributed by atoms with E-state index in [1.807, 2.05) is 13.8 Å². The van der Waals surface area contributed by atoms with Gasteiger partial charge < -0.3 is 5.32 Å². The van der Waals surface area contributed by atoms with E-state index in [1.165, 1.54) is 12.1 Å². The van der Waals surface area contributed by atoms with Crippen molar-refractivity contribution >= 4 is 10.0 Å². The van der Waals surface area contributed by atoms with Gasteiger partial charge in [0.05, 0.1) is 4.90 Å². The zero-order valence-electron chi connectivity index (χ0n) is 11.5. The maximum atomic E-state index is 14.0. The lowest BCUT2D eigenvalue weighted by Gasteiger charge is -2.22. The van der Waals surface area contributed by atoms with Gasteiger partial charge in [-0.15, -0.1) is 0 Å². The summed E-state index contributed by atoms with van der Waals surface area (Å²) in [6.07, 6.45) is 1.00. The molecule has 2 atom stereocenters. The maximum absolute atomic E-state index is 14.0. The minimum atomic E-state index is -3.86. The fourth-order valence-electron chi connectivity index (χ4n) is 1.87. The average Bonchev–Trinajstić information content (AvgIpc) is 2.33. The van der Waals surface area contributed by atoms with Crippen molar-refractivity contribution in [2.45, 2.75) is 44.0 Å². The fourth-order valence-corrected chi connectivity index (χ4v) is 2.40. The number of halogens is 1. The molecule has 1 aromatic rings. The molecule has 108 valence electrons. The molecule has 0 saturated carbocycles. The van der Waals surface area contributed by atoms with Crippen LogP contribution in [0.1, 0.15) is 38.7 Å². The Morgan fingerprint density at radius 3 is 2.47 bits per heavy atom. The molecule has 0 aliphatic carbocycles. The number of hydrogen-bond donors (Lipinski definition) is 2. The first-order valence-electron chi connectivity index (χ1n) is 6.33. The van der Waals surface area contributed by atoms with Crippen molar-refractivity contribution in [3.63, 3.8) is 0 Å². The van der Waals surface area contributed by atoms with Crippen molar-refractivity contribution in [1.82, 2.24) is 5.32 Å². The molecule has 1 aromatic carbocycles. The lowest BCUT2D eigenvalue weighted by molar-refractivity contribution is 0.464. The van der Waals surface area contributed by atoms with Crippen LogP contribution in [0.2, 0.25) is 0 Å². The van der Waals surface area contributed by atoms with Gasteiger partial charge in [-0.25, -0.2) is 17.9 Å². The SMILES string of the molecule is CCCNC(C)C(C)c1ccc(S(N)(=O)=O)cc1F. The predicted octanol–water partition coefficient (Wildman–Crippen LogP) is 1.96. The Bertz CT molecular complexity index is 531. The van der Waals surface area contributed by atoms with Gasteiger partial charge in [-0.05, 0) is 43.5 Å². The predicted molar refractivity (Wildman–Crippen MR) is 73.9 cm³/mol. The number of nitrogens with one attached hydrogen (secondary N) is 1. The molecule has 0 heterocycles. The van der Waals surface area contributed by atoms with Crippen LogP contribution in [0, 0.1) is 5.82 Å². The van der Waals surface area contributed by atoms with Crippen LogP contribution in [0.5, 0.6) is 0 Å². The van der Waals surface area contributed by atoms with E-state index in [0.717, 1.165) is 19.0 Å². The maximum Gasteiger partial charge on any atom is 0.238 e. The number of sulfonamides is 1. The Kier molecular flexibility index (Phi) is 5.46. The smallest absolute Gasteiger partial charge is 0.238 e. The monoisotopic (exact) mass is 288 g/mol. The minimum Gasteiger partial charge on any atom is -0.314 e. The standard InChI is InChI=1S/C13H21FN2O2S/c1-4-7-16-10(3)9(2)12-6-5-11(8-13(12)14)19(15,17)18/h5-6,8-10,16H,4,7H2,1-3H3,(H2,15,17,18). The molecular weight excluding hydrogens is 267 g/mol. The molecule has 1 rings (SSSR count). The third-order valence-corrected chi connectivity index (χ3v) is 4.17. The average molecular weight is 288 g/mol. The first-order valence-corrected chi connectivity index (χ1v) is 7.87. The summed E-state index contributed by atoms with van der Waals surface area (Å²) in [5.41, 5.74) is 0.489. The molecule has 3 N–H and O–H groups in total. The summed E-state index contributed by atoms with van der Waals surface area (Å²) in [5.74, 6) is -0.592. The Hall–Kier alpha value is -0.980. The molecule has 2 unspecified atom stereocenters. The Labute approximate surface area is 114 Å². The van der Waals surface area contributed by atoms with Crippen LogP contribution in [-0.2, 0) is 10.0 Å². The van der Waals surface area contributed by atoms with E-state index in [4.69, 9.17) is 5.14 Å². The summed E-state index contributed by atoms with van der Waals surface area (Å²) in [4.78, 5) is -0.199. The van der Waals surface area contributed by atoms with Crippen molar-refractivity contribution in [3.05, 3.63) is 29.6 Å². The second-order valence-electron chi connectivity index (χ2n) is 4.76. The van der Waals surface area contributed by atoms with Crippen molar-refractivity contribution in [1.29, 1.82) is 0 Å². The number of nitrogens with two attached hydrogens (primary N) is 1. The summed E-state index contributed by atoms with van der Waals surface area (Å²) in [6, 6.07) is 3.92. The largest absolute Gasteiger partial charge is 0.314 e. The minimum absolute atomic E-state index is 0.0546. The fraction of sp³-hybridized carbons (Fsp3) is 0.538. The molecule has 0 radical (unpaired) electrons. The van der Waals surface area contributed by atoms with Gasteiger partial charge in [0.15, 0.2) is 0 Å². The van der Waals surface area contributed by atoms with E-state index < -0.39 is 15.8 Å². The van der Waals surface area contributed by atoms with E-state index >= 15 is 0 Å². The molecule has 0 fully saturated rings. The van der Waals surface area contributed by atoms with Crippen LogP contribution in [-0.4, -0.2) is 21.0 Å². The normalized spacial score (nSPS) is 15.2. The number of rotatable bonds is 6. The van der Waals surface area contributed by atoms with Crippen LogP contribution >= 0.6 is 0 Å². The molecular formula is C13H21FN2O2S. The first kappa shape index (κ1) is 16.1. The molecule has 0 aromatic heterocycles. The Morgan fingerprint density at radius 2 is 2.00 bits per heavy atom. The third-order valence-electron chi connectivity index (χ3n) is 3.26. The first-order chi connectivity index (χ1) is 8.77. The Morgan fingerprint density at radius 1 is 1.37 bits per heavy atom. The number of primary sulfonamides is 1. The highest BCUT2D eigenvalue weighted by Gasteiger charge is 2.19. The summed E-state index contributed by atoms with van der Waals surface area (Å²) >= 11 is 0. The van der Waals surface area contributed by atoms with Crippen molar-refractivity contribution in [2.24, 2.45) is 5.14 Å². The van der Waals surface area contributed by atoms with Gasteiger partial charge in [0.2, 0.25) is 10.0 Å². The van der Waals surface area contributed by atoms with E-state index in [9.17, 15) is 12.8 Å². The zero-order valence-corrected chi connectivity index (χ0v) is 12.3. The van der Waals surface area contributed by atoms with Crippen molar-refractivity contribution < 1.29 is 12.8 Å². The summed E-state index contributed by atoms with van der Waals surface area (Å²) in [6.45, 7) is 6.81. The lowest BCUT2D eigenvalue weighted by atomic mass is 9.94. The van der Waals surface area contributed by atoms with Crippen LogP contribution in [0.25, 0.3) is 0 Å². The molecule has 0 aliphatic heterocycles. The molecule has 0 bridgehead atoms. The lowest BCUT2D eigenvalue weighted by Crippen LogP contribution is -2.31. The zero-order chi connectivity index (χ0) is 14.6. The topological polar surface area (TPSA) is 72.2 Å². The summed E-state index contributed by atoms with van der Waals surface area (Å²) in [5, 5.41) is 8.26. The van der Waals surface area contributed by atoms with E-state index in [-0.39, 0.29) is 16.9 Å². The summed E-state index contributed by atoms with van der Waals surface area (Å²) < 4.78 is 36.2. The summed E-state index contributed by atoms with van der Waals surface area (Å²) in [7, 11) is -3.86. The van der Waals surface area contributed by atoms with Crippen LogP contribution in [0.4, 0.5) is 4.39 Å². The second kappa shape index (κ2) is 6.45. The molecule has 0 amide bonds. The molecule has 0 saturated heterocycles. The quantitative estimate of drug-likeness (QED) is 0.840. The molecule has 4 nitrogen and oxygen atoms in total. The molecule has 0 aliphatic rings. The van der Waals surface area contributed by atoms with Crippen LogP contribution < -0.4 is 10.5 Å². The van der Waals surface area contributed by atoms with E-state index in [2.05, 4.69) is 12.2 Å². The van der Waals surface area contributed by atoms with Gasteiger partial charge in [0.25, 0.3) is 0 Å². The second-order valence-corrected chi connectivity index (χ2v) is 6.32. The van der Waals surface area contributed by atoms with Crippen molar-refractivity contribution in [2.75, 3.05) is 6.54 Å². The van der Waals surface area contributed by atoms with Gasteiger partial charge in [0.1, 0.15) is 5.82 Å². The van der Waals surface area contributed by atoms with Gasteiger partial charge >= 0.3 is 0 Å². The highest BCUT2D eigenvalue weighted by Crippen LogP contribution is 2.24. The van der Waals surface area contributed by atoms with Crippen LogP contribution in [0.15, 0.2) is 23.1 Å². The number of hydrogen-bond acceptors (Lipinski definition) is 3. The van der Waals surface area contributed by atoms with Crippen LogP contribution in [0.3, 0.4) is 0 Å².